The van der Waals surface area contributed by atoms with Gasteiger partial charge in [-0.3, -0.25) is 4.90 Å². The minimum Gasteiger partial charge on any atom is -0.508 e. The van der Waals surface area contributed by atoms with E-state index in [-0.39, 0.29) is 12.5 Å². The van der Waals surface area contributed by atoms with Gasteiger partial charge >= 0.3 is 0 Å². The molecule has 0 heterocycles. The molecule has 251 valence electrons. The van der Waals surface area contributed by atoms with Gasteiger partial charge in [0.15, 0.2) is 0 Å². The number of phenols is 2. The molecular formula is C43H56NO3. The second-order valence-electron chi connectivity index (χ2n) is 13.0. The Morgan fingerprint density at radius 1 is 0.553 bits per heavy atom. The number of rotatable bonds is 23. The first-order valence-electron chi connectivity index (χ1n) is 17.9. The number of aliphatic hydroxyl groups is 1. The zero-order chi connectivity index (χ0) is 32.9. The lowest BCUT2D eigenvalue weighted by Gasteiger charge is -2.28. The van der Waals surface area contributed by atoms with Crippen molar-refractivity contribution in [2.24, 2.45) is 0 Å². The number of para-hydroxylation sites is 2. The second-order valence-corrected chi connectivity index (χ2v) is 13.0. The average Bonchev–Trinajstić information content (AvgIpc) is 3.09. The molecule has 47 heavy (non-hydrogen) atoms. The summed E-state index contributed by atoms with van der Waals surface area (Å²) in [5.41, 5.74) is 4.62. The fourth-order valence-electron chi connectivity index (χ4n) is 6.78. The third-order valence-electron chi connectivity index (χ3n) is 9.42. The monoisotopic (exact) mass is 634 g/mol. The van der Waals surface area contributed by atoms with E-state index < -0.39 is 0 Å². The molecular weight excluding hydrogens is 578 g/mol. The Labute approximate surface area is 284 Å². The summed E-state index contributed by atoms with van der Waals surface area (Å²) in [5, 5.41) is 30.8. The smallest absolute Gasteiger partial charge is 0.119 e. The van der Waals surface area contributed by atoms with E-state index in [2.05, 4.69) is 65.6 Å². The van der Waals surface area contributed by atoms with Crippen LogP contribution < -0.4 is 0 Å². The summed E-state index contributed by atoms with van der Waals surface area (Å²) in [5.74, 6) is 2.22. The molecule has 0 amide bonds. The highest BCUT2D eigenvalue weighted by Crippen LogP contribution is 2.40. The van der Waals surface area contributed by atoms with Gasteiger partial charge in [-0.05, 0) is 84.9 Å². The molecule has 4 nitrogen and oxygen atoms in total. The molecule has 0 bridgehead atoms. The van der Waals surface area contributed by atoms with Crippen molar-refractivity contribution in [1.29, 1.82) is 0 Å². The topological polar surface area (TPSA) is 63.9 Å². The number of aliphatic hydroxyl groups excluding tert-OH is 1. The normalized spacial score (nSPS) is 12.1. The van der Waals surface area contributed by atoms with Crippen LogP contribution in [0.1, 0.15) is 98.8 Å². The molecule has 0 saturated heterocycles. The number of benzene rings is 4. The van der Waals surface area contributed by atoms with E-state index >= 15 is 0 Å². The predicted molar refractivity (Wildman–Crippen MR) is 196 cm³/mol. The van der Waals surface area contributed by atoms with Crippen LogP contribution in [0.25, 0.3) is 0 Å². The Hall–Kier alpha value is -3.60. The SMILES string of the molecule is OCC[C](Cc1ccccc1)C(CCCCCCCCCCCN(CCc1ccccc1O)Cc1ccccc1)c1ccccc1O. The third kappa shape index (κ3) is 13.2. The molecule has 3 N–H and O–H groups in total. The summed E-state index contributed by atoms with van der Waals surface area (Å²) in [4.78, 5) is 2.54. The van der Waals surface area contributed by atoms with Crippen LogP contribution in [0.3, 0.4) is 0 Å². The molecule has 1 atom stereocenters. The molecule has 0 spiro atoms. The number of unbranched alkanes of at least 4 members (excludes halogenated alkanes) is 8. The summed E-state index contributed by atoms with van der Waals surface area (Å²) in [6.45, 7) is 3.11. The molecule has 1 radical (unpaired) electrons. The van der Waals surface area contributed by atoms with Gasteiger partial charge in [0.2, 0.25) is 0 Å². The zero-order valence-corrected chi connectivity index (χ0v) is 28.3. The Balaban J connectivity index is 1.14. The molecule has 4 aromatic carbocycles. The molecule has 0 aliphatic rings. The molecule has 0 aromatic heterocycles. The number of hydrogen-bond donors (Lipinski definition) is 3. The molecule has 0 aliphatic carbocycles. The van der Waals surface area contributed by atoms with Gasteiger partial charge < -0.3 is 15.3 Å². The zero-order valence-electron chi connectivity index (χ0n) is 28.3. The molecule has 1 unspecified atom stereocenters. The van der Waals surface area contributed by atoms with Crippen molar-refractivity contribution in [2.45, 2.75) is 95.9 Å². The third-order valence-corrected chi connectivity index (χ3v) is 9.42. The van der Waals surface area contributed by atoms with Crippen LogP contribution in [-0.2, 0) is 19.4 Å². The van der Waals surface area contributed by atoms with Crippen LogP contribution in [0.5, 0.6) is 11.5 Å². The van der Waals surface area contributed by atoms with Gasteiger partial charge in [0.1, 0.15) is 11.5 Å². The van der Waals surface area contributed by atoms with E-state index in [0.717, 1.165) is 56.4 Å². The van der Waals surface area contributed by atoms with Crippen molar-refractivity contribution in [3.05, 3.63) is 137 Å². The second kappa shape index (κ2) is 21.3. The largest absolute Gasteiger partial charge is 0.508 e. The fraction of sp³-hybridized carbons (Fsp3) is 0.419. The highest BCUT2D eigenvalue weighted by atomic mass is 16.3. The van der Waals surface area contributed by atoms with Gasteiger partial charge in [-0.15, -0.1) is 0 Å². The number of nitrogens with zero attached hydrogens (tertiary/aromatic N) is 1. The van der Waals surface area contributed by atoms with E-state index in [9.17, 15) is 15.3 Å². The van der Waals surface area contributed by atoms with Crippen molar-refractivity contribution in [3.8, 4) is 11.5 Å². The van der Waals surface area contributed by atoms with Crippen LogP contribution in [0.2, 0.25) is 0 Å². The lowest BCUT2D eigenvalue weighted by atomic mass is 9.77. The highest BCUT2D eigenvalue weighted by molar-refractivity contribution is 5.39. The molecule has 0 saturated carbocycles. The van der Waals surface area contributed by atoms with E-state index in [1.807, 2.05) is 36.4 Å². The van der Waals surface area contributed by atoms with Crippen molar-refractivity contribution in [3.63, 3.8) is 0 Å². The molecule has 4 aromatic rings. The number of hydrogen-bond acceptors (Lipinski definition) is 4. The summed E-state index contributed by atoms with van der Waals surface area (Å²) < 4.78 is 0. The van der Waals surface area contributed by atoms with Gasteiger partial charge in [-0.2, -0.15) is 0 Å². The van der Waals surface area contributed by atoms with Crippen molar-refractivity contribution in [2.75, 3.05) is 19.7 Å². The Morgan fingerprint density at radius 2 is 1.11 bits per heavy atom. The maximum absolute atomic E-state index is 10.7. The summed E-state index contributed by atoms with van der Waals surface area (Å²) in [6, 6.07) is 36.6. The summed E-state index contributed by atoms with van der Waals surface area (Å²) in [7, 11) is 0. The Morgan fingerprint density at radius 3 is 1.74 bits per heavy atom. The van der Waals surface area contributed by atoms with E-state index in [4.69, 9.17) is 0 Å². The number of phenolic OH excluding ortho intramolecular Hbond substituents is 2. The number of aromatic hydroxyl groups is 2. The van der Waals surface area contributed by atoms with E-state index in [1.165, 1.54) is 68.4 Å². The highest BCUT2D eigenvalue weighted by Gasteiger charge is 2.25. The minimum absolute atomic E-state index is 0.134. The van der Waals surface area contributed by atoms with Gasteiger partial charge in [0.25, 0.3) is 0 Å². The first kappa shape index (κ1) is 36.2. The molecule has 4 heteroatoms. The molecule has 0 fully saturated rings. The minimum atomic E-state index is 0.134. The Kier molecular flexibility index (Phi) is 16.4. The van der Waals surface area contributed by atoms with Crippen LogP contribution in [0.15, 0.2) is 109 Å². The van der Waals surface area contributed by atoms with Gasteiger partial charge in [0.05, 0.1) is 0 Å². The lowest BCUT2D eigenvalue weighted by Crippen LogP contribution is -2.27. The standard InChI is InChI=1S/C43H56NO3/c45-33-30-39(34-36-20-10-8-11-21-36)40(41-26-16-18-28-43(41)47)25-14-6-4-2-1-3-5-7-19-31-44(35-37-22-12-9-13-23-37)32-29-38-24-15-17-27-42(38)46/h8-13,15-18,20-24,26-28,40,45-47H,1-7,14,19,25,29-35H2. The van der Waals surface area contributed by atoms with E-state index in [0.29, 0.717) is 17.9 Å². The van der Waals surface area contributed by atoms with Crippen molar-refractivity contribution >= 4 is 0 Å². The van der Waals surface area contributed by atoms with Crippen LogP contribution in [0, 0.1) is 5.92 Å². The first-order chi connectivity index (χ1) is 23.1. The summed E-state index contributed by atoms with van der Waals surface area (Å²) >= 11 is 0. The molecule has 0 aliphatic heterocycles. The van der Waals surface area contributed by atoms with Gasteiger partial charge in [0, 0.05) is 19.7 Å². The molecule has 4 rings (SSSR count). The van der Waals surface area contributed by atoms with Crippen LogP contribution in [0.4, 0.5) is 0 Å². The maximum Gasteiger partial charge on any atom is 0.119 e. The van der Waals surface area contributed by atoms with Gasteiger partial charge in [-0.1, -0.05) is 148 Å². The van der Waals surface area contributed by atoms with Gasteiger partial charge in [-0.25, -0.2) is 0 Å². The van der Waals surface area contributed by atoms with E-state index in [1.54, 1.807) is 12.1 Å². The maximum atomic E-state index is 10.7. The Bertz CT molecular complexity index is 1380. The summed E-state index contributed by atoms with van der Waals surface area (Å²) in [6.07, 6.45) is 14.5. The average molecular weight is 635 g/mol. The first-order valence-corrected chi connectivity index (χ1v) is 17.9. The predicted octanol–water partition coefficient (Wildman–Crippen LogP) is 10.0. The van der Waals surface area contributed by atoms with Crippen molar-refractivity contribution in [1.82, 2.24) is 4.90 Å². The fourth-order valence-corrected chi connectivity index (χ4v) is 6.78. The van der Waals surface area contributed by atoms with Crippen LogP contribution in [-0.4, -0.2) is 39.9 Å². The van der Waals surface area contributed by atoms with Crippen LogP contribution >= 0.6 is 0 Å². The lowest BCUT2D eigenvalue weighted by molar-refractivity contribution is 0.260. The quantitative estimate of drug-likeness (QED) is 0.0711. The van der Waals surface area contributed by atoms with Crippen molar-refractivity contribution < 1.29 is 15.3 Å².